The van der Waals surface area contributed by atoms with Gasteiger partial charge in [-0.25, -0.2) is 8.42 Å². The van der Waals surface area contributed by atoms with Crippen molar-refractivity contribution in [1.29, 1.82) is 0 Å². The fourth-order valence-electron chi connectivity index (χ4n) is 2.17. The van der Waals surface area contributed by atoms with Gasteiger partial charge in [0.05, 0.1) is 5.52 Å². The van der Waals surface area contributed by atoms with E-state index in [1.54, 1.807) is 31.4 Å². The first-order chi connectivity index (χ1) is 9.76. The lowest BCUT2D eigenvalue weighted by Crippen LogP contribution is -2.38. The molecule has 6 heteroatoms. The number of nitrogens with zero attached hydrogens (tertiary/aromatic N) is 2. The van der Waals surface area contributed by atoms with E-state index in [1.807, 2.05) is 20.8 Å². The van der Waals surface area contributed by atoms with Gasteiger partial charge in [0.1, 0.15) is 4.90 Å². The predicted molar refractivity (Wildman–Crippen MR) is 85.4 cm³/mol. The largest absolute Gasteiger partial charge is 0.398 e. The van der Waals surface area contributed by atoms with Gasteiger partial charge in [-0.05, 0) is 37.1 Å². The summed E-state index contributed by atoms with van der Waals surface area (Å²) in [6.07, 6.45) is 1.58. The molecule has 0 aliphatic rings. The molecule has 1 aromatic carbocycles. The van der Waals surface area contributed by atoms with Crippen LogP contribution < -0.4 is 5.73 Å². The molecular formula is C15H21N3O2S. The van der Waals surface area contributed by atoms with Gasteiger partial charge in [0.25, 0.3) is 0 Å². The van der Waals surface area contributed by atoms with E-state index < -0.39 is 10.0 Å². The number of nitrogens with two attached hydrogens (primary N) is 1. The zero-order chi connectivity index (χ0) is 15.8. The Morgan fingerprint density at radius 1 is 1.19 bits per heavy atom. The maximum atomic E-state index is 12.8. The lowest BCUT2D eigenvalue weighted by atomic mass is 10.1. The Morgan fingerprint density at radius 3 is 2.48 bits per heavy atom. The number of fused-ring (bicyclic) bond motifs is 1. The molecule has 5 nitrogen and oxygen atoms in total. The van der Waals surface area contributed by atoms with Crippen molar-refractivity contribution in [3.05, 3.63) is 30.5 Å². The molecular weight excluding hydrogens is 286 g/mol. The Bertz CT molecular complexity index is 757. The number of benzene rings is 1. The minimum absolute atomic E-state index is 0.105. The molecule has 2 N–H and O–H groups in total. The standard InChI is InChI=1S/C15H21N3O2S/c1-10(2)11(3)18(4)21(19,20)14-8-7-13(16)12-6-5-9-17-15(12)14/h5-11H,16H2,1-4H3. The van der Waals surface area contributed by atoms with Crippen LogP contribution in [0.4, 0.5) is 5.69 Å². The van der Waals surface area contributed by atoms with Crippen LogP contribution in [-0.4, -0.2) is 30.8 Å². The van der Waals surface area contributed by atoms with Crippen molar-refractivity contribution in [2.45, 2.75) is 31.7 Å². The van der Waals surface area contributed by atoms with E-state index in [0.717, 1.165) is 0 Å². The van der Waals surface area contributed by atoms with E-state index in [0.29, 0.717) is 16.6 Å². The summed E-state index contributed by atoms with van der Waals surface area (Å²) < 4.78 is 27.1. The molecule has 1 unspecified atom stereocenters. The molecule has 0 amide bonds. The van der Waals surface area contributed by atoms with Gasteiger partial charge in [-0.2, -0.15) is 4.31 Å². The minimum Gasteiger partial charge on any atom is -0.398 e. The van der Waals surface area contributed by atoms with Gasteiger partial charge in [-0.15, -0.1) is 0 Å². The number of rotatable bonds is 4. The average molecular weight is 307 g/mol. The molecule has 0 radical (unpaired) electrons. The number of hydrogen-bond donors (Lipinski definition) is 1. The summed E-state index contributed by atoms with van der Waals surface area (Å²) in [6, 6.07) is 6.57. The van der Waals surface area contributed by atoms with Gasteiger partial charge in [-0.1, -0.05) is 13.8 Å². The van der Waals surface area contributed by atoms with Crippen molar-refractivity contribution in [2.24, 2.45) is 5.92 Å². The molecule has 0 fully saturated rings. The lowest BCUT2D eigenvalue weighted by Gasteiger charge is -2.27. The zero-order valence-corrected chi connectivity index (χ0v) is 13.6. The molecule has 2 rings (SSSR count). The van der Waals surface area contributed by atoms with Gasteiger partial charge in [0.2, 0.25) is 10.0 Å². The molecule has 0 bridgehead atoms. The predicted octanol–water partition coefficient (Wildman–Crippen LogP) is 2.48. The summed E-state index contributed by atoms with van der Waals surface area (Å²) in [5.41, 5.74) is 6.85. The number of nitrogen functional groups attached to an aromatic ring is 1. The van der Waals surface area contributed by atoms with Crippen LogP contribution in [0, 0.1) is 5.92 Å². The van der Waals surface area contributed by atoms with Crippen LogP contribution in [0.1, 0.15) is 20.8 Å². The molecule has 114 valence electrons. The maximum absolute atomic E-state index is 12.8. The number of aromatic nitrogens is 1. The fourth-order valence-corrected chi connectivity index (χ4v) is 3.81. The second kappa shape index (κ2) is 5.61. The Labute approximate surface area is 125 Å². The van der Waals surface area contributed by atoms with Crippen LogP contribution in [0.5, 0.6) is 0 Å². The summed E-state index contributed by atoms with van der Waals surface area (Å²) in [5, 5.41) is 0.657. The summed E-state index contributed by atoms with van der Waals surface area (Å²) in [6.45, 7) is 5.89. The van der Waals surface area contributed by atoms with Crippen molar-refractivity contribution in [3.63, 3.8) is 0 Å². The topological polar surface area (TPSA) is 76.3 Å². The van der Waals surface area contributed by atoms with Crippen LogP contribution in [0.2, 0.25) is 0 Å². The van der Waals surface area contributed by atoms with Crippen LogP contribution in [-0.2, 0) is 10.0 Å². The molecule has 2 aromatic rings. The van der Waals surface area contributed by atoms with Gasteiger partial charge in [0.15, 0.2) is 0 Å². The lowest BCUT2D eigenvalue weighted by molar-refractivity contribution is 0.316. The second-order valence-electron chi connectivity index (χ2n) is 5.56. The molecule has 1 aromatic heterocycles. The summed E-state index contributed by atoms with van der Waals surface area (Å²) in [4.78, 5) is 4.41. The van der Waals surface area contributed by atoms with E-state index in [-0.39, 0.29) is 16.9 Å². The van der Waals surface area contributed by atoms with Crippen LogP contribution in [0.15, 0.2) is 35.4 Å². The van der Waals surface area contributed by atoms with Gasteiger partial charge in [-0.3, -0.25) is 4.98 Å². The van der Waals surface area contributed by atoms with Crippen molar-refractivity contribution in [3.8, 4) is 0 Å². The van der Waals surface area contributed by atoms with Gasteiger partial charge in [0, 0.05) is 30.4 Å². The van der Waals surface area contributed by atoms with Crippen molar-refractivity contribution >= 4 is 26.6 Å². The summed E-state index contributed by atoms with van der Waals surface area (Å²) >= 11 is 0. The highest BCUT2D eigenvalue weighted by molar-refractivity contribution is 7.89. The smallest absolute Gasteiger partial charge is 0.245 e. The SMILES string of the molecule is CC(C)C(C)N(C)S(=O)(=O)c1ccc(N)c2cccnc12. The minimum atomic E-state index is -3.61. The molecule has 1 heterocycles. The maximum Gasteiger partial charge on any atom is 0.245 e. The normalized spacial score (nSPS) is 14.0. The van der Waals surface area contributed by atoms with Crippen molar-refractivity contribution in [1.82, 2.24) is 9.29 Å². The Morgan fingerprint density at radius 2 is 1.86 bits per heavy atom. The highest BCUT2D eigenvalue weighted by Crippen LogP contribution is 2.29. The number of anilines is 1. The zero-order valence-electron chi connectivity index (χ0n) is 12.7. The Hall–Kier alpha value is -1.66. The molecule has 0 aliphatic heterocycles. The van der Waals surface area contributed by atoms with E-state index in [2.05, 4.69) is 4.98 Å². The number of pyridine rings is 1. The first-order valence-corrected chi connectivity index (χ1v) is 8.32. The van der Waals surface area contributed by atoms with Gasteiger partial charge < -0.3 is 5.73 Å². The number of sulfonamides is 1. The van der Waals surface area contributed by atoms with Crippen LogP contribution >= 0.6 is 0 Å². The Kier molecular flexibility index (Phi) is 4.20. The van der Waals surface area contributed by atoms with E-state index in [9.17, 15) is 8.42 Å². The summed E-state index contributed by atoms with van der Waals surface area (Å²) in [5.74, 6) is 0.220. The molecule has 21 heavy (non-hydrogen) atoms. The van der Waals surface area contributed by atoms with Crippen molar-refractivity contribution in [2.75, 3.05) is 12.8 Å². The van der Waals surface area contributed by atoms with Crippen molar-refractivity contribution < 1.29 is 8.42 Å². The highest BCUT2D eigenvalue weighted by atomic mass is 32.2. The van der Waals surface area contributed by atoms with Crippen LogP contribution in [0.3, 0.4) is 0 Å². The molecule has 0 saturated heterocycles. The molecule has 1 atom stereocenters. The first-order valence-electron chi connectivity index (χ1n) is 6.88. The van der Waals surface area contributed by atoms with E-state index in [4.69, 9.17) is 5.73 Å². The second-order valence-corrected chi connectivity index (χ2v) is 7.52. The van der Waals surface area contributed by atoms with Crippen LogP contribution in [0.25, 0.3) is 10.9 Å². The number of hydrogen-bond acceptors (Lipinski definition) is 4. The highest BCUT2D eigenvalue weighted by Gasteiger charge is 2.29. The van der Waals surface area contributed by atoms with Gasteiger partial charge >= 0.3 is 0 Å². The van der Waals surface area contributed by atoms with E-state index >= 15 is 0 Å². The molecule has 0 saturated carbocycles. The third kappa shape index (κ3) is 2.73. The molecule has 0 aliphatic carbocycles. The quantitative estimate of drug-likeness (QED) is 0.880. The summed E-state index contributed by atoms with van der Waals surface area (Å²) in [7, 11) is -2.01. The third-order valence-electron chi connectivity index (χ3n) is 3.96. The molecule has 0 spiro atoms. The fraction of sp³-hybridized carbons (Fsp3) is 0.400. The third-order valence-corrected chi connectivity index (χ3v) is 5.94. The Balaban J connectivity index is 2.64. The van der Waals surface area contributed by atoms with E-state index in [1.165, 1.54) is 10.4 Å². The first kappa shape index (κ1) is 15.7. The average Bonchev–Trinajstić information content (AvgIpc) is 2.45. The monoisotopic (exact) mass is 307 g/mol.